The number of ketones is 1. The number of nitrogens with zero attached hydrogens (tertiary/aromatic N) is 4. The van der Waals surface area contributed by atoms with Gasteiger partial charge in [-0.2, -0.15) is 54.2 Å². The van der Waals surface area contributed by atoms with Gasteiger partial charge in [-0.15, -0.1) is 0 Å². The summed E-state index contributed by atoms with van der Waals surface area (Å²) in [5.74, 6) is -4.51. The largest absolute Gasteiger partial charge is 0.396 e. The maximum atomic E-state index is 13.6. The van der Waals surface area contributed by atoms with E-state index in [1.165, 1.54) is 0 Å². The molecule has 0 aliphatic heterocycles. The Hall–Kier alpha value is -4.26. The molecule has 0 spiro atoms. The summed E-state index contributed by atoms with van der Waals surface area (Å²) in [6.07, 6.45) is -1.52. The fourth-order valence-corrected chi connectivity index (χ4v) is 5.42. The highest BCUT2D eigenvalue weighted by Gasteiger charge is 2.28. The summed E-state index contributed by atoms with van der Waals surface area (Å²) in [6.45, 7) is 0.833. The number of carbonyl (C=O) groups excluding carboxylic acids is 2. The number of hydrogen-bond donors (Lipinski definition) is 6. The van der Waals surface area contributed by atoms with Crippen LogP contribution in [0.1, 0.15) is 6.92 Å². The summed E-state index contributed by atoms with van der Waals surface area (Å²) in [4.78, 5) is 27.5. The van der Waals surface area contributed by atoms with Gasteiger partial charge in [0, 0.05) is 11.4 Å². The number of benzene rings is 2. The van der Waals surface area contributed by atoms with Gasteiger partial charge >= 0.3 is 6.08 Å². The summed E-state index contributed by atoms with van der Waals surface area (Å²) < 4.78 is 126. The average Bonchev–Trinajstić information content (AvgIpc) is 2.86. The zero-order valence-corrected chi connectivity index (χ0v) is 24.5. The van der Waals surface area contributed by atoms with Crippen molar-refractivity contribution >= 4 is 82.2 Å². The fourth-order valence-electron chi connectivity index (χ4n) is 3.24. The Morgan fingerprint density at radius 3 is 1.93 bits per heavy atom. The van der Waals surface area contributed by atoms with Crippen molar-refractivity contribution in [1.29, 1.82) is 0 Å². The summed E-state index contributed by atoms with van der Waals surface area (Å²) >= 11 is 5.66. The standard InChI is InChI=1S/C20H16ClF2N7O11S3/c1-7(31)16(19(32)26-9-5-12(43(36,37)38)15(24)13(6-9)44(39,40)41)30-29-10-3-2-8(4-11(10)42(33,34)35)25-18-14(21)17(22)27-20(23)28-18/h2-6,16H,24H2,1H3,(H,26,32)(H,25,27,28)(H,33,34,35)(H,36,37,38)(H,39,40,41)/t16-/m1/s1. The molecule has 0 saturated carbocycles. The van der Waals surface area contributed by atoms with Gasteiger partial charge in [0.25, 0.3) is 36.3 Å². The van der Waals surface area contributed by atoms with Crippen LogP contribution in [0.3, 0.4) is 0 Å². The number of hydrogen-bond acceptors (Lipinski definition) is 14. The molecule has 0 aliphatic rings. The van der Waals surface area contributed by atoms with Crippen LogP contribution < -0.4 is 16.4 Å². The van der Waals surface area contributed by atoms with Crippen molar-refractivity contribution in [2.75, 3.05) is 16.4 Å². The van der Waals surface area contributed by atoms with Gasteiger partial charge < -0.3 is 16.4 Å². The van der Waals surface area contributed by atoms with Crippen LogP contribution in [0.2, 0.25) is 5.02 Å². The molecule has 0 aliphatic carbocycles. The molecule has 236 valence electrons. The molecule has 0 saturated heterocycles. The van der Waals surface area contributed by atoms with Gasteiger partial charge in [-0.05, 0) is 37.3 Å². The van der Waals surface area contributed by atoms with Crippen LogP contribution in [0.5, 0.6) is 0 Å². The number of nitrogen functional groups attached to an aromatic ring is 1. The van der Waals surface area contributed by atoms with Gasteiger partial charge in [0.15, 0.2) is 11.6 Å². The lowest BCUT2D eigenvalue weighted by atomic mass is 10.2. The number of amides is 1. The molecule has 0 radical (unpaired) electrons. The molecule has 7 N–H and O–H groups in total. The molecular formula is C20H16ClF2N7O11S3. The number of rotatable bonds is 10. The summed E-state index contributed by atoms with van der Waals surface area (Å²) in [7, 11) is -15.5. The molecule has 3 rings (SSSR count). The predicted molar refractivity (Wildman–Crippen MR) is 145 cm³/mol. The Morgan fingerprint density at radius 2 is 1.43 bits per heavy atom. The molecule has 0 bridgehead atoms. The van der Waals surface area contributed by atoms with Crippen LogP contribution in [-0.4, -0.2) is 66.6 Å². The maximum absolute atomic E-state index is 13.6. The van der Waals surface area contributed by atoms with Crippen LogP contribution >= 0.6 is 11.6 Å². The lowest BCUT2D eigenvalue weighted by Crippen LogP contribution is -2.32. The molecule has 1 amide bonds. The number of azo groups is 1. The first-order valence-electron chi connectivity index (χ1n) is 11.0. The lowest BCUT2D eigenvalue weighted by Gasteiger charge is -2.13. The smallest absolute Gasteiger partial charge is 0.313 e. The lowest BCUT2D eigenvalue weighted by molar-refractivity contribution is -0.126. The second kappa shape index (κ2) is 12.4. The first-order chi connectivity index (χ1) is 20.1. The Balaban J connectivity index is 2.00. The fraction of sp³-hybridized carbons (Fsp3) is 0.100. The third-order valence-corrected chi connectivity index (χ3v) is 8.13. The van der Waals surface area contributed by atoms with E-state index in [1.807, 2.05) is 5.32 Å². The molecule has 18 nitrogen and oxygen atoms in total. The van der Waals surface area contributed by atoms with Crippen molar-refractivity contribution in [3.63, 3.8) is 0 Å². The average molecular weight is 700 g/mol. The highest BCUT2D eigenvalue weighted by Crippen LogP contribution is 2.33. The molecule has 2 aromatic carbocycles. The zero-order valence-electron chi connectivity index (χ0n) is 21.3. The minimum absolute atomic E-state index is 0.260. The Labute approximate surface area is 250 Å². The number of nitrogens with two attached hydrogens (primary N) is 1. The van der Waals surface area contributed by atoms with Crippen molar-refractivity contribution in [2.24, 2.45) is 10.2 Å². The van der Waals surface area contributed by atoms with Gasteiger partial charge in [-0.3, -0.25) is 23.2 Å². The quantitative estimate of drug-likeness (QED) is 0.0441. The third-order valence-electron chi connectivity index (χ3n) is 5.13. The normalized spacial score (nSPS) is 13.1. The summed E-state index contributed by atoms with van der Waals surface area (Å²) in [5.41, 5.74) is 2.67. The Bertz CT molecular complexity index is 2010. The van der Waals surface area contributed by atoms with E-state index in [0.29, 0.717) is 18.2 Å². The third kappa shape index (κ3) is 8.01. The van der Waals surface area contributed by atoms with E-state index < -0.39 is 103 Å². The SMILES string of the molecule is CC(=O)[C@@H](N=Nc1ccc(Nc2nc(F)nc(F)c2Cl)cc1S(=O)(=O)O)C(=O)Nc1cc(S(=O)(=O)O)c(N)c(S(=O)(=O)O)c1. The van der Waals surface area contributed by atoms with Gasteiger partial charge in [0.1, 0.15) is 25.4 Å². The van der Waals surface area contributed by atoms with E-state index in [2.05, 4.69) is 25.5 Å². The zero-order chi connectivity index (χ0) is 33.4. The highest BCUT2D eigenvalue weighted by molar-refractivity contribution is 7.87. The predicted octanol–water partition coefficient (Wildman–Crippen LogP) is 2.15. The minimum atomic E-state index is -5.20. The monoisotopic (exact) mass is 699 g/mol. The topological polar surface area (TPSA) is 298 Å². The second-order valence-corrected chi connectivity index (χ2v) is 12.8. The van der Waals surface area contributed by atoms with Crippen LogP contribution in [0.4, 0.5) is 37.3 Å². The number of Topliss-reactive ketones (excluding diaryl/α,β-unsaturated/α-hetero) is 1. The number of anilines is 4. The number of carbonyl (C=O) groups is 2. The highest BCUT2D eigenvalue weighted by atomic mass is 35.5. The van der Waals surface area contributed by atoms with Crippen molar-refractivity contribution in [1.82, 2.24) is 9.97 Å². The summed E-state index contributed by atoms with van der Waals surface area (Å²) in [6, 6.07) is 1.49. The molecule has 44 heavy (non-hydrogen) atoms. The van der Waals surface area contributed by atoms with Gasteiger partial charge in [0.2, 0.25) is 12.0 Å². The van der Waals surface area contributed by atoms with Crippen LogP contribution in [0.15, 0.2) is 55.2 Å². The van der Waals surface area contributed by atoms with Gasteiger partial charge in [-0.1, -0.05) is 11.6 Å². The van der Waals surface area contributed by atoms with Crippen LogP contribution in [-0.2, 0) is 39.9 Å². The van der Waals surface area contributed by atoms with Gasteiger partial charge in [0.05, 0.1) is 5.69 Å². The number of halogens is 3. The van der Waals surface area contributed by atoms with Crippen molar-refractivity contribution in [3.05, 3.63) is 47.4 Å². The van der Waals surface area contributed by atoms with Crippen LogP contribution in [0.25, 0.3) is 0 Å². The second-order valence-electron chi connectivity index (χ2n) is 8.28. The van der Waals surface area contributed by atoms with E-state index in [1.54, 1.807) is 0 Å². The first-order valence-corrected chi connectivity index (χ1v) is 15.7. The van der Waals surface area contributed by atoms with E-state index in [4.69, 9.17) is 17.3 Å². The van der Waals surface area contributed by atoms with E-state index in [9.17, 15) is 57.3 Å². The van der Waals surface area contributed by atoms with Crippen molar-refractivity contribution < 1.29 is 57.3 Å². The maximum Gasteiger partial charge on any atom is 0.313 e. The Kier molecular flexibility index (Phi) is 9.64. The molecule has 1 aromatic heterocycles. The van der Waals surface area contributed by atoms with E-state index in [0.717, 1.165) is 19.1 Å². The molecule has 1 atom stereocenters. The molecule has 3 aromatic rings. The first kappa shape index (κ1) is 34.2. The van der Waals surface area contributed by atoms with Gasteiger partial charge in [-0.25, -0.2) is 0 Å². The van der Waals surface area contributed by atoms with Crippen molar-refractivity contribution in [3.8, 4) is 0 Å². The van der Waals surface area contributed by atoms with Crippen LogP contribution in [0, 0.1) is 12.0 Å². The van der Waals surface area contributed by atoms with Crippen molar-refractivity contribution in [2.45, 2.75) is 27.7 Å². The van der Waals surface area contributed by atoms with E-state index >= 15 is 0 Å². The minimum Gasteiger partial charge on any atom is -0.396 e. The van der Waals surface area contributed by atoms with E-state index in [-0.39, 0.29) is 5.69 Å². The number of nitrogens with one attached hydrogen (secondary N) is 2. The molecule has 24 heteroatoms. The molecule has 0 fully saturated rings. The Morgan fingerprint density at radius 1 is 0.909 bits per heavy atom. The molecule has 0 unspecified atom stereocenters. The number of aromatic nitrogens is 2. The molecular weight excluding hydrogens is 684 g/mol. The summed E-state index contributed by atoms with van der Waals surface area (Å²) in [5, 5.41) is 10.4. The molecule has 1 heterocycles.